The van der Waals surface area contributed by atoms with Crippen LogP contribution in [0.4, 0.5) is 5.69 Å². The summed E-state index contributed by atoms with van der Waals surface area (Å²) >= 11 is 0. The maximum Gasteiger partial charge on any atom is 0.231 e. The molecule has 1 aliphatic carbocycles. The summed E-state index contributed by atoms with van der Waals surface area (Å²) in [5.41, 5.74) is 3.90. The Morgan fingerprint density at radius 2 is 2.04 bits per heavy atom. The molecule has 1 aromatic heterocycles. The smallest absolute Gasteiger partial charge is 0.231 e. The number of piperidine rings is 2. The molecule has 0 unspecified atom stereocenters. The maximum atomic E-state index is 12.6. The Hall–Kier alpha value is -2.14. The summed E-state index contributed by atoms with van der Waals surface area (Å²) < 4.78 is 2.06. The first-order valence-corrected chi connectivity index (χ1v) is 8.21. The number of amides is 1. The molecule has 2 bridgehead atoms. The van der Waals surface area contributed by atoms with Gasteiger partial charge in [0, 0.05) is 23.6 Å². The highest BCUT2D eigenvalue weighted by Gasteiger charge is 2.52. The van der Waals surface area contributed by atoms with Gasteiger partial charge in [0.25, 0.3) is 0 Å². The number of anilines is 1. The minimum absolute atomic E-state index is 0.156. The number of carbonyl (C=O) groups excluding carboxylic acids is 1. The molecule has 2 N–H and O–H groups in total. The molecule has 5 heteroatoms. The Morgan fingerprint density at radius 1 is 1.30 bits per heavy atom. The molecule has 3 aliphatic rings. The molecule has 2 aromatic rings. The second-order valence-corrected chi connectivity index (χ2v) is 6.97. The van der Waals surface area contributed by atoms with Crippen LogP contribution in [0.25, 0.3) is 5.69 Å². The van der Waals surface area contributed by atoms with Crippen LogP contribution >= 0.6 is 0 Å². The molecule has 1 amide bonds. The standard InChI is InChI=1S/C18H22N4O/c1-12-13(2)22(11-20-12)16-5-3-15(4-6-16)21-17(23)18-7-14(8-18)9-19-10-18/h3-6,11,14,19H,7-10H2,1-2H3,(H,21,23). The molecule has 2 aliphatic heterocycles. The first-order valence-electron chi connectivity index (χ1n) is 8.21. The average Bonchev–Trinajstić information content (AvgIpc) is 2.87. The summed E-state index contributed by atoms with van der Waals surface area (Å²) in [6.07, 6.45) is 3.88. The van der Waals surface area contributed by atoms with Gasteiger partial charge in [0.1, 0.15) is 0 Å². The summed E-state index contributed by atoms with van der Waals surface area (Å²) in [6.45, 7) is 5.93. The second-order valence-electron chi connectivity index (χ2n) is 6.97. The third kappa shape index (κ3) is 2.36. The van der Waals surface area contributed by atoms with Crippen molar-refractivity contribution in [3.63, 3.8) is 0 Å². The van der Waals surface area contributed by atoms with E-state index >= 15 is 0 Å². The third-order valence-electron chi connectivity index (χ3n) is 5.39. The molecule has 0 atom stereocenters. The monoisotopic (exact) mass is 310 g/mol. The van der Waals surface area contributed by atoms with Crippen molar-refractivity contribution >= 4 is 11.6 Å². The van der Waals surface area contributed by atoms with E-state index < -0.39 is 0 Å². The fourth-order valence-electron chi connectivity index (χ4n) is 3.84. The Kier molecular flexibility index (Phi) is 3.27. The van der Waals surface area contributed by atoms with Gasteiger partial charge in [-0.1, -0.05) is 0 Å². The van der Waals surface area contributed by atoms with Crippen molar-refractivity contribution in [3.05, 3.63) is 42.0 Å². The summed E-state index contributed by atoms with van der Waals surface area (Å²) in [7, 11) is 0. The molecule has 3 heterocycles. The molecular weight excluding hydrogens is 288 g/mol. The van der Waals surface area contributed by atoms with E-state index in [2.05, 4.69) is 27.1 Å². The molecule has 1 saturated carbocycles. The predicted molar refractivity (Wildman–Crippen MR) is 89.7 cm³/mol. The van der Waals surface area contributed by atoms with Crippen LogP contribution in [-0.4, -0.2) is 28.5 Å². The van der Waals surface area contributed by atoms with Crippen molar-refractivity contribution in [2.45, 2.75) is 26.7 Å². The lowest BCUT2D eigenvalue weighted by molar-refractivity contribution is -0.136. The number of aryl methyl sites for hydroxylation is 1. The van der Waals surface area contributed by atoms with Gasteiger partial charge in [-0.2, -0.15) is 0 Å². The molecule has 2 saturated heterocycles. The minimum Gasteiger partial charge on any atom is -0.326 e. The molecule has 5 rings (SSSR count). The van der Waals surface area contributed by atoms with E-state index in [4.69, 9.17) is 0 Å². The van der Waals surface area contributed by atoms with E-state index in [1.54, 1.807) is 0 Å². The van der Waals surface area contributed by atoms with Gasteiger partial charge in [-0.15, -0.1) is 0 Å². The Labute approximate surface area is 136 Å². The van der Waals surface area contributed by atoms with Crippen molar-refractivity contribution in [2.75, 3.05) is 18.4 Å². The molecule has 23 heavy (non-hydrogen) atoms. The zero-order chi connectivity index (χ0) is 16.0. The van der Waals surface area contributed by atoms with Gasteiger partial charge >= 0.3 is 0 Å². The van der Waals surface area contributed by atoms with E-state index in [1.807, 2.05) is 37.5 Å². The van der Waals surface area contributed by atoms with Gasteiger partial charge in [-0.05, 0) is 63.4 Å². The Balaban J connectivity index is 1.48. The number of rotatable bonds is 3. The van der Waals surface area contributed by atoms with Crippen LogP contribution in [0.15, 0.2) is 30.6 Å². The number of nitrogens with zero attached hydrogens (tertiary/aromatic N) is 2. The number of nitrogens with one attached hydrogen (secondary N) is 2. The second kappa shape index (κ2) is 5.20. The summed E-state index contributed by atoms with van der Waals surface area (Å²) in [4.78, 5) is 16.9. The van der Waals surface area contributed by atoms with Crippen LogP contribution in [0.5, 0.6) is 0 Å². The number of benzene rings is 1. The Morgan fingerprint density at radius 3 is 2.61 bits per heavy atom. The third-order valence-corrected chi connectivity index (χ3v) is 5.39. The largest absolute Gasteiger partial charge is 0.326 e. The fourth-order valence-corrected chi connectivity index (χ4v) is 3.84. The summed E-state index contributed by atoms with van der Waals surface area (Å²) in [5.74, 6) is 0.840. The van der Waals surface area contributed by atoms with Gasteiger partial charge < -0.3 is 15.2 Å². The Bertz CT molecular complexity index is 735. The van der Waals surface area contributed by atoms with Crippen LogP contribution < -0.4 is 10.6 Å². The van der Waals surface area contributed by atoms with Crippen molar-refractivity contribution in [1.29, 1.82) is 0 Å². The highest BCUT2D eigenvalue weighted by molar-refractivity contribution is 5.96. The van der Waals surface area contributed by atoms with E-state index in [0.29, 0.717) is 5.92 Å². The number of fused-ring (bicyclic) bond motifs is 2. The normalized spacial score (nSPS) is 25.7. The van der Waals surface area contributed by atoms with Crippen LogP contribution in [0.1, 0.15) is 24.2 Å². The average molecular weight is 310 g/mol. The quantitative estimate of drug-likeness (QED) is 0.915. The lowest BCUT2D eigenvalue weighted by atomic mass is 9.59. The molecule has 5 nitrogen and oxygen atoms in total. The highest BCUT2D eigenvalue weighted by Crippen LogP contribution is 2.48. The molecular formula is C18H22N4O. The maximum absolute atomic E-state index is 12.6. The zero-order valence-corrected chi connectivity index (χ0v) is 13.6. The van der Waals surface area contributed by atoms with E-state index in [0.717, 1.165) is 48.7 Å². The number of carbonyl (C=O) groups is 1. The lowest BCUT2D eigenvalue weighted by Gasteiger charge is -2.51. The molecule has 0 spiro atoms. The van der Waals surface area contributed by atoms with Crippen molar-refractivity contribution in [2.24, 2.45) is 11.3 Å². The molecule has 3 fully saturated rings. The van der Waals surface area contributed by atoms with Gasteiger partial charge in [-0.25, -0.2) is 4.98 Å². The van der Waals surface area contributed by atoms with Crippen molar-refractivity contribution in [1.82, 2.24) is 14.9 Å². The number of hydrogen-bond acceptors (Lipinski definition) is 3. The van der Waals surface area contributed by atoms with Gasteiger partial charge in [0.15, 0.2) is 0 Å². The first-order chi connectivity index (χ1) is 11.1. The van der Waals surface area contributed by atoms with Crippen LogP contribution in [0.3, 0.4) is 0 Å². The molecule has 1 aromatic carbocycles. The highest BCUT2D eigenvalue weighted by atomic mass is 16.2. The number of aromatic nitrogens is 2. The van der Waals surface area contributed by atoms with E-state index in [1.165, 1.54) is 0 Å². The fraction of sp³-hybridized carbons (Fsp3) is 0.444. The molecule has 0 radical (unpaired) electrons. The van der Waals surface area contributed by atoms with Crippen molar-refractivity contribution < 1.29 is 4.79 Å². The van der Waals surface area contributed by atoms with Crippen LogP contribution in [0, 0.1) is 25.2 Å². The molecule has 120 valence electrons. The van der Waals surface area contributed by atoms with Gasteiger partial charge in [-0.3, -0.25) is 4.79 Å². The van der Waals surface area contributed by atoms with E-state index in [-0.39, 0.29) is 11.3 Å². The lowest BCUT2D eigenvalue weighted by Crippen LogP contribution is -2.60. The van der Waals surface area contributed by atoms with E-state index in [9.17, 15) is 4.79 Å². The van der Waals surface area contributed by atoms with Crippen molar-refractivity contribution in [3.8, 4) is 5.69 Å². The van der Waals surface area contributed by atoms with Gasteiger partial charge in [0.2, 0.25) is 5.91 Å². The van der Waals surface area contributed by atoms with Crippen LogP contribution in [0.2, 0.25) is 0 Å². The number of hydrogen-bond donors (Lipinski definition) is 2. The summed E-state index contributed by atoms with van der Waals surface area (Å²) in [5, 5.41) is 6.44. The first kappa shape index (κ1) is 14.5. The minimum atomic E-state index is -0.181. The topological polar surface area (TPSA) is 59.0 Å². The SMILES string of the molecule is Cc1ncn(-c2ccc(NC(=O)C34CNCC(C3)C4)cc2)c1C. The van der Waals surface area contributed by atoms with Crippen LogP contribution in [-0.2, 0) is 4.79 Å². The zero-order valence-electron chi connectivity index (χ0n) is 13.6. The predicted octanol–water partition coefficient (Wildman–Crippen LogP) is 2.43. The van der Waals surface area contributed by atoms with Gasteiger partial charge in [0.05, 0.1) is 17.4 Å². The number of imidazole rings is 1. The summed E-state index contributed by atoms with van der Waals surface area (Å²) in [6, 6.07) is 7.96.